The third-order valence-electron chi connectivity index (χ3n) is 5.38. The molecule has 1 N–H and O–H groups in total. The van der Waals surface area contributed by atoms with Crippen LogP contribution in [0.3, 0.4) is 0 Å². The highest BCUT2D eigenvalue weighted by Crippen LogP contribution is 2.33. The number of nitrogens with one attached hydrogen (secondary N) is 1. The quantitative estimate of drug-likeness (QED) is 0.556. The molecule has 1 saturated heterocycles. The number of aromatic nitrogens is 2. The SMILES string of the molecule is Cc1ccc(-c2cn[nH]c2[C@H]2CCCN(C(=O)C(=O)c3ccccc3)C2)cc1. The van der Waals surface area contributed by atoms with E-state index in [1.165, 1.54) is 5.56 Å². The van der Waals surface area contributed by atoms with Crippen LogP contribution in [-0.2, 0) is 4.79 Å². The molecule has 28 heavy (non-hydrogen) atoms. The molecular weight excluding hydrogens is 350 g/mol. The molecule has 4 rings (SSSR count). The molecule has 3 aromatic rings. The Balaban J connectivity index is 1.53. The molecule has 0 spiro atoms. The number of hydrogen-bond donors (Lipinski definition) is 1. The number of nitrogens with zero attached hydrogens (tertiary/aromatic N) is 2. The normalized spacial score (nSPS) is 16.8. The molecule has 1 fully saturated rings. The number of carbonyl (C=O) groups is 2. The summed E-state index contributed by atoms with van der Waals surface area (Å²) in [6, 6.07) is 17.1. The highest BCUT2D eigenvalue weighted by atomic mass is 16.2. The fourth-order valence-corrected chi connectivity index (χ4v) is 3.82. The zero-order valence-electron chi connectivity index (χ0n) is 15.9. The van der Waals surface area contributed by atoms with Crippen LogP contribution in [0.1, 0.15) is 40.4 Å². The van der Waals surface area contributed by atoms with E-state index in [9.17, 15) is 9.59 Å². The van der Waals surface area contributed by atoms with Crippen LogP contribution in [-0.4, -0.2) is 39.9 Å². The van der Waals surface area contributed by atoms with Gasteiger partial charge in [0.05, 0.1) is 6.20 Å². The fourth-order valence-electron chi connectivity index (χ4n) is 3.82. The van der Waals surface area contributed by atoms with Gasteiger partial charge < -0.3 is 4.90 Å². The second-order valence-corrected chi connectivity index (χ2v) is 7.35. The minimum Gasteiger partial charge on any atom is -0.335 e. The van der Waals surface area contributed by atoms with Gasteiger partial charge in [-0.1, -0.05) is 60.2 Å². The van der Waals surface area contributed by atoms with Crippen LogP contribution >= 0.6 is 0 Å². The Morgan fingerprint density at radius 3 is 2.57 bits per heavy atom. The summed E-state index contributed by atoms with van der Waals surface area (Å²) in [5.41, 5.74) is 4.86. The summed E-state index contributed by atoms with van der Waals surface area (Å²) in [6.07, 6.45) is 3.67. The van der Waals surface area contributed by atoms with Crippen molar-refractivity contribution < 1.29 is 9.59 Å². The summed E-state index contributed by atoms with van der Waals surface area (Å²) in [6.45, 7) is 3.20. The van der Waals surface area contributed by atoms with Gasteiger partial charge in [0.1, 0.15) is 0 Å². The van der Waals surface area contributed by atoms with E-state index >= 15 is 0 Å². The Morgan fingerprint density at radius 1 is 1.07 bits per heavy atom. The number of carbonyl (C=O) groups excluding carboxylic acids is 2. The van der Waals surface area contributed by atoms with E-state index in [-0.39, 0.29) is 5.92 Å². The molecule has 1 atom stereocenters. The number of amides is 1. The number of Topliss-reactive ketones (excluding diaryl/α,β-unsaturated/α-hetero) is 1. The molecule has 0 unspecified atom stereocenters. The predicted octanol–water partition coefficient (Wildman–Crippen LogP) is 3.97. The van der Waals surface area contributed by atoms with Crippen LogP contribution in [0.2, 0.25) is 0 Å². The summed E-state index contributed by atoms with van der Waals surface area (Å²) < 4.78 is 0. The maximum absolute atomic E-state index is 12.8. The molecule has 0 radical (unpaired) electrons. The minimum atomic E-state index is -0.440. The highest BCUT2D eigenvalue weighted by molar-refractivity contribution is 6.42. The molecule has 1 aromatic heterocycles. The minimum absolute atomic E-state index is 0.139. The molecule has 1 amide bonds. The van der Waals surface area contributed by atoms with Gasteiger partial charge in [0, 0.05) is 35.8 Å². The number of hydrogen-bond acceptors (Lipinski definition) is 3. The summed E-state index contributed by atoms with van der Waals surface area (Å²) in [5, 5.41) is 7.39. The van der Waals surface area contributed by atoms with Crippen molar-refractivity contribution in [3.63, 3.8) is 0 Å². The fraction of sp³-hybridized carbons (Fsp3) is 0.261. The third kappa shape index (κ3) is 3.60. The zero-order valence-corrected chi connectivity index (χ0v) is 15.9. The first-order valence-electron chi connectivity index (χ1n) is 9.62. The molecule has 0 bridgehead atoms. The van der Waals surface area contributed by atoms with E-state index < -0.39 is 11.7 Å². The average Bonchev–Trinajstić information content (AvgIpc) is 3.24. The van der Waals surface area contributed by atoms with Crippen LogP contribution in [0.4, 0.5) is 0 Å². The van der Waals surface area contributed by atoms with Crippen molar-refractivity contribution in [1.82, 2.24) is 15.1 Å². The van der Waals surface area contributed by atoms with Crippen LogP contribution in [0.5, 0.6) is 0 Å². The van der Waals surface area contributed by atoms with Gasteiger partial charge in [-0.15, -0.1) is 0 Å². The molecule has 0 aliphatic carbocycles. The van der Waals surface area contributed by atoms with Crippen molar-refractivity contribution >= 4 is 11.7 Å². The summed E-state index contributed by atoms with van der Waals surface area (Å²) >= 11 is 0. The van der Waals surface area contributed by atoms with E-state index in [4.69, 9.17) is 0 Å². The smallest absolute Gasteiger partial charge is 0.294 e. The van der Waals surface area contributed by atoms with Gasteiger partial charge in [-0.2, -0.15) is 5.10 Å². The van der Waals surface area contributed by atoms with Gasteiger partial charge >= 0.3 is 0 Å². The molecule has 1 aliphatic heterocycles. The van der Waals surface area contributed by atoms with E-state index in [1.54, 1.807) is 29.2 Å². The van der Waals surface area contributed by atoms with Gasteiger partial charge in [-0.05, 0) is 25.3 Å². The van der Waals surface area contributed by atoms with Gasteiger partial charge in [0.25, 0.3) is 5.91 Å². The molecule has 1 aliphatic rings. The second kappa shape index (κ2) is 7.80. The molecule has 142 valence electrons. The Kier molecular flexibility index (Phi) is 5.06. The lowest BCUT2D eigenvalue weighted by atomic mass is 9.90. The van der Waals surface area contributed by atoms with E-state index in [0.29, 0.717) is 18.7 Å². The van der Waals surface area contributed by atoms with Crippen molar-refractivity contribution in [1.29, 1.82) is 0 Å². The summed E-state index contributed by atoms with van der Waals surface area (Å²) in [7, 11) is 0. The first-order valence-corrected chi connectivity index (χ1v) is 9.62. The van der Waals surface area contributed by atoms with Gasteiger partial charge in [-0.3, -0.25) is 14.7 Å². The summed E-state index contributed by atoms with van der Waals surface area (Å²) in [4.78, 5) is 27.0. The van der Waals surface area contributed by atoms with Crippen LogP contribution in [0.15, 0.2) is 60.8 Å². The van der Waals surface area contributed by atoms with Crippen molar-refractivity contribution in [3.8, 4) is 11.1 Å². The van der Waals surface area contributed by atoms with Gasteiger partial charge in [-0.25, -0.2) is 0 Å². The van der Waals surface area contributed by atoms with Crippen LogP contribution < -0.4 is 0 Å². The van der Waals surface area contributed by atoms with Crippen LogP contribution in [0.25, 0.3) is 11.1 Å². The monoisotopic (exact) mass is 373 g/mol. The van der Waals surface area contributed by atoms with Crippen molar-refractivity contribution in [2.75, 3.05) is 13.1 Å². The number of aryl methyl sites for hydroxylation is 1. The third-order valence-corrected chi connectivity index (χ3v) is 5.38. The Hall–Kier alpha value is -3.21. The molecule has 2 heterocycles. The van der Waals surface area contributed by atoms with Gasteiger partial charge in [0.15, 0.2) is 0 Å². The molecule has 5 heteroatoms. The lowest BCUT2D eigenvalue weighted by Crippen LogP contribution is -2.42. The number of likely N-dealkylation sites (tertiary alicyclic amines) is 1. The maximum Gasteiger partial charge on any atom is 0.294 e. The van der Waals surface area contributed by atoms with E-state index in [2.05, 4.69) is 41.4 Å². The standard InChI is InChI=1S/C23H23N3O2/c1-16-9-11-17(12-10-16)20-14-24-25-21(20)19-8-5-13-26(15-19)23(28)22(27)18-6-3-2-4-7-18/h2-4,6-7,9-12,14,19H,5,8,13,15H2,1H3,(H,24,25)/t19-/m0/s1. The number of aromatic amines is 1. The van der Waals surface area contributed by atoms with Crippen LogP contribution in [0, 0.1) is 6.92 Å². The topological polar surface area (TPSA) is 66.1 Å². The number of rotatable bonds is 4. The van der Waals surface area contributed by atoms with Crippen molar-refractivity contribution in [2.45, 2.75) is 25.7 Å². The number of ketones is 1. The maximum atomic E-state index is 12.8. The molecular formula is C23H23N3O2. The van der Waals surface area contributed by atoms with E-state index in [1.807, 2.05) is 12.3 Å². The average molecular weight is 373 g/mol. The highest BCUT2D eigenvalue weighted by Gasteiger charge is 2.30. The Morgan fingerprint density at radius 2 is 1.82 bits per heavy atom. The largest absolute Gasteiger partial charge is 0.335 e. The lowest BCUT2D eigenvalue weighted by molar-refractivity contribution is -0.127. The van der Waals surface area contributed by atoms with Crippen molar-refractivity contribution in [2.24, 2.45) is 0 Å². The zero-order chi connectivity index (χ0) is 19.5. The Labute approximate surface area is 164 Å². The Bertz CT molecular complexity index is 977. The number of piperidine rings is 1. The second-order valence-electron chi connectivity index (χ2n) is 7.35. The van der Waals surface area contributed by atoms with E-state index in [0.717, 1.165) is 29.7 Å². The molecule has 2 aromatic carbocycles. The number of benzene rings is 2. The first kappa shape index (κ1) is 18.2. The van der Waals surface area contributed by atoms with Crippen molar-refractivity contribution in [3.05, 3.63) is 77.6 Å². The summed E-state index contributed by atoms with van der Waals surface area (Å²) in [5.74, 6) is -0.725. The molecule has 0 saturated carbocycles. The molecule has 5 nitrogen and oxygen atoms in total. The first-order chi connectivity index (χ1) is 13.6. The lowest BCUT2D eigenvalue weighted by Gasteiger charge is -2.32. The van der Waals surface area contributed by atoms with Gasteiger partial charge in [0.2, 0.25) is 5.78 Å². The predicted molar refractivity (Wildman–Crippen MR) is 108 cm³/mol. The number of H-pyrrole nitrogens is 1.